The Morgan fingerprint density at radius 2 is 1.91 bits per heavy atom. The van der Waals surface area contributed by atoms with Crippen LogP contribution in [0.15, 0.2) is 47.3 Å². The van der Waals surface area contributed by atoms with Crippen LogP contribution in [0.2, 0.25) is 0 Å². The molecule has 1 aliphatic rings. The van der Waals surface area contributed by atoms with Crippen molar-refractivity contribution in [3.63, 3.8) is 0 Å². The second kappa shape index (κ2) is 8.93. The Balaban J connectivity index is 1.89. The van der Waals surface area contributed by atoms with Gasteiger partial charge in [-0.1, -0.05) is 18.2 Å². The van der Waals surface area contributed by atoms with Crippen molar-refractivity contribution in [2.45, 2.75) is 12.8 Å². The van der Waals surface area contributed by atoms with Gasteiger partial charge in [-0.25, -0.2) is 9.37 Å². The molecule has 32 heavy (non-hydrogen) atoms. The summed E-state index contributed by atoms with van der Waals surface area (Å²) in [4.78, 5) is 20.7. The van der Waals surface area contributed by atoms with Crippen molar-refractivity contribution >= 4 is 0 Å². The van der Waals surface area contributed by atoms with Crippen molar-refractivity contribution in [3.8, 4) is 34.2 Å². The summed E-state index contributed by atoms with van der Waals surface area (Å²) in [6.45, 7) is 1.98. The number of nitriles is 1. The van der Waals surface area contributed by atoms with Crippen LogP contribution >= 0.6 is 0 Å². The number of ether oxygens (including phenoxy) is 1. The van der Waals surface area contributed by atoms with Gasteiger partial charge in [0.1, 0.15) is 23.5 Å². The summed E-state index contributed by atoms with van der Waals surface area (Å²) >= 11 is 0. The van der Waals surface area contributed by atoms with E-state index in [0.29, 0.717) is 46.3 Å². The van der Waals surface area contributed by atoms with Crippen LogP contribution in [0.5, 0.6) is 5.75 Å². The van der Waals surface area contributed by atoms with Crippen LogP contribution in [0.25, 0.3) is 22.4 Å². The van der Waals surface area contributed by atoms with E-state index in [4.69, 9.17) is 15.0 Å². The molecule has 2 heterocycles. The van der Waals surface area contributed by atoms with E-state index < -0.39 is 5.82 Å². The predicted octanol–water partition coefficient (Wildman–Crippen LogP) is 3.63. The Labute approximate surface area is 186 Å². The van der Waals surface area contributed by atoms with Crippen LogP contribution in [0.1, 0.15) is 17.8 Å². The largest absolute Gasteiger partial charge is 0.497 e. The van der Waals surface area contributed by atoms with Crippen molar-refractivity contribution in [2.75, 3.05) is 27.2 Å². The van der Waals surface area contributed by atoms with Gasteiger partial charge in [0.2, 0.25) is 0 Å². The van der Waals surface area contributed by atoms with Crippen LogP contribution in [-0.4, -0.2) is 41.7 Å². The molecule has 4 rings (SSSR count). The Morgan fingerprint density at radius 3 is 2.50 bits per heavy atom. The van der Waals surface area contributed by atoms with Crippen LogP contribution in [0.4, 0.5) is 4.39 Å². The van der Waals surface area contributed by atoms with Crippen molar-refractivity contribution in [1.29, 1.82) is 5.26 Å². The van der Waals surface area contributed by atoms with E-state index in [1.807, 2.05) is 6.07 Å². The number of halogens is 1. The maximum Gasteiger partial charge on any atom is 0.261 e. The molecular weight excluding hydrogens is 407 g/mol. The fourth-order valence-electron chi connectivity index (χ4n) is 4.26. The summed E-state index contributed by atoms with van der Waals surface area (Å²) in [6, 6.07) is 13.3. The van der Waals surface area contributed by atoms with Gasteiger partial charge < -0.3 is 9.64 Å². The molecule has 164 valence electrons. The Kier molecular flexibility index (Phi) is 6.06. The number of likely N-dealkylation sites (tertiary alicyclic amines) is 1. The van der Waals surface area contributed by atoms with E-state index in [1.54, 1.807) is 49.1 Å². The minimum Gasteiger partial charge on any atom is -0.497 e. The first-order valence-electron chi connectivity index (χ1n) is 10.5. The lowest BCUT2D eigenvalue weighted by molar-refractivity contribution is 0.391. The van der Waals surface area contributed by atoms with E-state index in [0.717, 1.165) is 19.5 Å². The Bertz CT molecular complexity index is 1240. The third-order valence-corrected chi connectivity index (χ3v) is 6.09. The summed E-state index contributed by atoms with van der Waals surface area (Å²) in [5.74, 6) is 1.13. The van der Waals surface area contributed by atoms with E-state index in [-0.39, 0.29) is 11.1 Å². The molecule has 0 spiro atoms. The SMILES string of the molecule is COc1ccc(-c2c(-c3ccc(C#N)c(F)c3)nc(CC3CCN(C)C3)n(C)c2=O)cc1. The van der Waals surface area contributed by atoms with E-state index in [2.05, 4.69) is 11.9 Å². The van der Waals surface area contributed by atoms with Crippen molar-refractivity contribution in [3.05, 3.63) is 70.0 Å². The van der Waals surface area contributed by atoms with Crippen molar-refractivity contribution in [2.24, 2.45) is 13.0 Å². The first-order chi connectivity index (χ1) is 15.4. The Morgan fingerprint density at radius 1 is 1.19 bits per heavy atom. The number of nitrogens with zero attached hydrogens (tertiary/aromatic N) is 4. The molecule has 0 aliphatic carbocycles. The average Bonchev–Trinajstić information content (AvgIpc) is 3.21. The molecule has 0 saturated carbocycles. The number of rotatable bonds is 5. The third kappa shape index (κ3) is 4.14. The smallest absolute Gasteiger partial charge is 0.261 e. The van der Waals surface area contributed by atoms with E-state index in [9.17, 15) is 9.18 Å². The monoisotopic (exact) mass is 432 g/mol. The summed E-state index contributed by atoms with van der Waals surface area (Å²) in [5, 5.41) is 9.09. The standard InChI is InChI=1S/C25H25FN4O2/c1-29-11-10-16(15-29)12-22-28-24(18-4-5-19(14-27)21(26)13-18)23(25(31)30(22)2)17-6-8-20(32-3)9-7-17/h4-9,13,16H,10-12,15H2,1-3H3. The van der Waals surface area contributed by atoms with Gasteiger partial charge in [-0.3, -0.25) is 9.36 Å². The highest BCUT2D eigenvalue weighted by molar-refractivity contribution is 5.80. The van der Waals surface area contributed by atoms with Crippen LogP contribution in [-0.2, 0) is 13.5 Å². The lowest BCUT2D eigenvalue weighted by Crippen LogP contribution is -2.27. The van der Waals surface area contributed by atoms with Gasteiger partial charge in [-0.15, -0.1) is 0 Å². The molecule has 1 atom stereocenters. The quantitative estimate of drug-likeness (QED) is 0.616. The zero-order valence-corrected chi connectivity index (χ0v) is 18.4. The van der Waals surface area contributed by atoms with Gasteiger partial charge in [-0.05, 0) is 55.8 Å². The first kappa shape index (κ1) is 21.7. The second-order valence-electron chi connectivity index (χ2n) is 8.27. The molecule has 3 aromatic rings. The molecule has 2 aromatic carbocycles. The number of hydrogen-bond donors (Lipinski definition) is 0. The highest BCUT2D eigenvalue weighted by Crippen LogP contribution is 2.31. The molecule has 0 bridgehead atoms. The lowest BCUT2D eigenvalue weighted by atomic mass is 9.98. The third-order valence-electron chi connectivity index (χ3n) is 6.09. The molecule has 1 fully saturated rings. The average molecular weight is 432 g/mol. The minimum atomic E-state index is -0.632. The number of methoxy groups -OCH3 is 1. The summed E-state index contributed by atoms with van der Waals surface area (Å²) in [7, 11) is 5.40. The van der Waals surface area contributed by atoms with E-state index in [1.165, 1.54) is 12.1 Å². The zero-order chi connectivity index (χ0) is 22.8. The second-order valence-corrected chi connectivity index (χ2v) is 8.27. The fraction of sp³-hybridized carbons (Fsp3) is 0.320. The summed E-state index contributed by atoms with van der Waals surface area (Å²) in [6.07, 6.45) is 1.72. The number of aromatic nitrogens is 2. The number of hydrogen-bond acceptors (Lipinski definition) is 5. The van der Waals surface area contributed by atoms with Crippen molar-refractivity contribution in [1.82, 2.24) is 14.5 Å². The molecule has 0 radical (unpaired) electrons. The fourth-order valence-corrected chi connectivity index (χ4v) is 4.26. The molecule has 1 aliphatic heterocycles. The maximum atomic E-state index is 14.5. The van der Waals surface area contributed by atoms with Gasteiger partial charge in [0.25, 0.3) is 5.56 Å². The lowest BCUT2D eigenvalue weighted by Gasteiger charge is -2.17. The molecule has 1 aromatic heterocycles. The van der Waals surface area contributed by atoms with Gasteiger partial charge >= 0.3 is 0 Å². The summed E-state index contributed by atoms with van der Waals surface area (Å²) < 4.78 is 21.3. The van der Waals surface area contributed by atoms with Gasteiger partial charge in [-0.2, -0.15) is 5.26 Å². The normalized spacial score (nSPS) is 16.2. The molecule has 6 nitrogen and oxygen atoms in total. The van der Waals surface area contributed by atoms with Crippen LogP contribution in [0, 0.1) is 23.1 Å². The predicted molar refractivity (Wildman–Crippen MR) is 121 cm³/mol. The summed E-state index contributed by atoms with van der Waals surface area (Å²) in [5.41, 5.74) is 1.72. The van der Waals surface area contributed by atoms with Gasteiger partial charge in [0, 0.05) is 25.6 Å². The van der Waals surface area contributed by atoms with Crippen LogP contribution < -0.4 is 10.3 Å². The maximum absolute atomic E-state index is 14.5. The molecule has 0 N–H and O–H groups in total. The number of benzene rings is 2. The first-order valence-corrected chi connectivity index (χ1v) is 10.5. The Hall–Kier alpha value is -3.50. The topological polar surface area (TPSA) is 71.2 Å². The van der Waals surface area contributed by atoms with E-state index >= 15 is 0 Å². The van der Waals surface area contributed by atoms with Crippen molar-refractivity contribution < 1.29 is 9.13 Å². The molecule has 0 amide bonds. The highest BCUT2D eigenvalue weighted by Gasteiger charge is 2.24. The molecule has 7 heteroatoms. The van der Waals surface area contributed by atoms with Gasteiger partial charge in [0.15, 0.2) is 0 Å². The molecule has 1 unspecified atom stereocenters. The zero-order valence-electron chi connectivity index (χ0n) is 18.4. The molecule has 1 saturated heterocycles. The minimum absolute atomic E-state index is 0.0437. The highest BCUT2D eigenvalue weighted by atomic mass is 19.1. The van der Waals surface area contributed by atoms with Gasteiger partial charge in [0.05, 0.1) is 23.9 Å². The van der Waals surface area contributed by atoms with Crippen LogP contribution in [0.3, 0.4) is 0 Å². The molecular formula is C25H25FN4O2.